The number of anilines is 1. The minimum atomic E-state index is -0.684. The molecule has 0 saturated carbocycles. The molecule has 0 spiro atoms. The lowest BCUT2D eigenvalue weighted by atomic mass is 10.1. The Labute approximate surface area is 146 Å². The van der Waals surface area contributed by atoms with Gasteiger partial charge in [-0.25, -0.2) is 9.80 Å². The van der Waals surface area contributed by atoms with Crippen LogP contribution in [0.2, 0.25) is 0 Å². The Bertz CT molecular complexity index is 843. The molecule has 2 aromatic carbocycles. The highest BCUT2D eigenvalue weighted by molar-refractivity contribution is 7.99. The summed E-state index contributed by atoms with van der Waals surface area (Å²) in [4.78, 5) is 23.4. The van der Waals surface area contributed by atoms with Crippen LogP contribution in [-0.4, -0.2) is 28.4 Å². The number of ether oxygens (including phenoxy) is 1. The predicted molar refractivity (Wildman–Crippen MR) is 90.2 cm³/mol. The van der Waals surface area contributed by atoms with E-state index < -0.39 is 22.4 Å². The molecular weight excluding hydrogens is 344 g/mol. The molecule has 2 aliphatic rings. The highest BCUT2D eigenvalue weighted by Crippen LogP contribution is 2.40. The molecule has 9 heteroatoms. The monoisotopic (exact) mass is 356 g/mol. The fraction of sp³-hybridized carbons (Fsp3) is 0.188. The molecule has 0 aromatic heterocycles. The first-order chi connectivity index (χ1) is 12.1. The normalized spacial score (nSPS) is 24.2. The molecule has 0 amide bonds. The number of thioether (sulfide) groups is 1. The van der Waals surface area contributed by atoms with Crippen LogP contribution in [0.4, 0.5) is 11.4 Å². The lowest BCUT2D eigenvalue weighted by Gasteiger charge is -2.24. The summed E-state index contributed by atoms with van der Waals surface area (Å²) in [5.41, 5.74) is 0.147. The molecule has 126 valence electrons. The van der Waals surface area contributed by atoms with E-state index in [4.69, 9.17) is 4.74 Å². The molecule has 0 aliphatic carbocycles. The Balaban J connectivity index is 1.60. The van der Waals surface area contributed by atoms with Crippen LogP contribution in [0.1, 0.15) is 0 Å². The van der Waals surface area contributed by atoms with Crippen molar-refractivity contribution in [2.75, 3.05) is 5.01 Å². The Morgan fingerprint density at radius 1 is 1.12 bits per heavy atom. The van der Waals surface area contributed by atoms with Crippen LogP contribution in [0.3, 0.4) is 0 Å². The van der Waals surface area contributed by atoms with Gasteiger partial charge in [-0.1, -0.05) is 35.2 Å². The maximum atomic E-state index is 12.1. The molecule has 1 saturated heterocycles. The summed E-state index contributed by atoms with van der Waals surface area (Å²) < 4.78 is 5.47. The quantitative estimate of drug-likeness (QED) is 0.474. The van der Waals surface area contributed by atoms with Gasteiger partial charge in [0, 0.05) is 17.0 Å². The third-order valence-corrected chi connectivity index (χ3v) is 5.10. The highest BCUT2D eigenvalue weighted by Gasteiger charge is 2.52. The molecule has 3 atom stereocenters. The van der Waals surface area contributed by atoms with Crippen molar-refractivity contribution in [2.45, 2.75) is 22.4 Å². The molecular formula is C16H12N4O4S. The zero-order chi connectivity index (χ0) is 17.4. The average molecular weight is 356 g/mol. The van der Waals surface area contributed by atoms with Gasteiger partial charge in [-0.05, 0) is 24.3 Å². The Hall–Kier alpha value is -2.94. The number of hydrogen-bond acceptors (Lipinski definition) is 8. The number of esters is 1. The second-order valence-corrected chi connectivity index (χ2v) is 6.67. The number of fused-ring (bicyclic) bond motifs is 1. The zero-order valence-electron chi connectivity index (χ0n) is 12.8. The van der Waals surface area contributed by atoms with Crippen LogP contribution in [0.15, 0.2) is 69.8 Å². The van der Waals surface area contributed by atoms with Gasteiger partial charge in [-0.2, -0.15) is 5.11 Å². The van der Waals surface area contributed by atoms with Crippen LogP contribution in [-0.2, 0) is 9.53 Å². The number of non-ortho nitro benzene ring substituents is 1. The third kappa shape index (κ3) is 2.82. The maximum Gasteiger partial charge on any atom is 0.336 e. The maximum absolute atomic E-state index is 12.1. The van der Waals surface area contributed by atoms with Crippen LogP contribution >= 0.6 is 11.8 Å². The van der Waals surface area contributed by atoms with E-state index in [0.29, 0.717) is 5.69 Å². The Kier molecular flexibility index (Phi) is 3.85. The highest BCUT2D eigenvalue weighted by atomic mass is 32.2. The molecule has 2 heterocycles. The zero-order valence-corrected chi connectivity index (χ0v) is 13.6. The first kappa shape index (κ1) is 15.6. The number of cyclic esters (lactones) is 1. The summed E-state index contributed by atoms with van der Waals surface area (Å²) in [6.45, 7) is 0. The van der Waals surface area contributed by atoms with Crippen molar-refractivity contribution in [3.05, 3.63) is 64.7 Å². The summed E-state index contributed by atoms with van der Waals surface area (Å²) in [5, 5.41) is 20.5. The molecule has 4 rings (SSSR count). The summed E-state index contributed by atoms with van der Waals surface area (Å²) in [7, 11) is 0. The molecule has 1 fully saturated rings. The topological polar surface area (TPSA) is 97.4 Å². The van der Waals surface area contributed by atoms with E-state index in [1.54, 1.807) is 17.1 Å². The minimum Gasteiger partial charge on any atom is -0.447 e. The van der Waals surface area contributed by atoms with Crippen LogP contribution in [0.25, 0.3) is 0 Å². The van der Waals surface area contributed by atoms with E-state index in [1.165, 1.54) is 23.9 Å². The van der Waals surface area contributed by atoms with Crippen molar-refractivity contribution in [1.82, 2.24) is 0 Å². The smallest absolute Gasteiger partial charge is 0.336 e. The number of carbonyl (C=O) groups is 1. The van der Waals surface area contributed by atoms with Crippen molar-refractivity contribution in [1.29, 1.82) is 0 Å². The molecule has 2 aromatic rings. The van der Waals surface area contributed by atoms with Gasteiger partial charge < -0.3 is 4.74 Å². The first-order valence-electron chi connectivity index (χ1n) is 7.50. The molecule has 0 N–H and O–H groups in total. The predicted octanol–water partition coefficient (Wildman–Crippen LogP) is 3.19. The van der Waals surface area contributed by atoms with Gasteiger partial charge in [0.15, 0.2) is 11.5 Å². The van der Waals surface area contributed by atoms with Crippen molar-refractivity contribution < 1.29 is 14.5 Å². The van der Waals surface area contributed by atoms with Gasteiger partial charge in [0.25, 0.3) is 5.69 Å². The minimum absolute atomic E-state index is 0.00889. The fourth-order valence-electron chi connectivity index (χ4n) is 2.76. The summed E-state index contributed by atoms with van der Waals surface area (Å²) in [5.74, 6) is -0.411. The van der Waals surface area contributed by atoms with Crippen LogP contribution in [0.5, 0.6) is 0 Å². The summed E-state index contributed by atoms with van der Waals surface area (Å²) >= 11 is 1.42. The lowest BCUT2D eigenvalue weighted by Crippen LogP contribution is -2.38. The van der Waals surface area contributed by atoms with Crippen LogP contribution < -0.4 is 5.01 Å². The third-order valence-electron chi connectivity index (χ3n) is 3.95. The fourth-order valence-corrected chi connectivity index (χ4v) is 3.88. The van der Waals surface area contributed by atoms with E-state index in [0.717, 1.165) is 4.90 Å². The number of hydrogen-bond donors (Lipinski definition) is 0. The number of carbonyl (C=O) groups excluding carboxylic acids is 1. The van der Waals surface area contributed by atoms with E-state index in [2.05, 4.69) is 10.3 Å². The average Bonchev–Trinajstić information content (AvgIpc) is 3.18. The second-order valence-electron chi connectivity index (χ2n) is 5.49. The molecule has 2 aliphatic heterocycles. The van der Waals surface area contributed by atoms with E-state index in [9.17, 15) is 14.9 Å². The van der Waals surface area contributed by atoms with Gasteiger partial charge in [-0.15, -0.1) is 0 Å². The number of nitrogens with zero attached hydrogens (tertiary/aromatic N) is 4. The Morgan fingerprint density at radius 2 is 1.84 bits per heavy atom. The number of nitro groups is 1. The van der Waals surface area contributed by atoms with Gasteiger partial charge in [0.2, 0.25) is 0 Å². The largest absolute Gasteiger partial charge is 0.447 e. The molecule has 0 unspecified atom stereocenters. The first-order valence-corrected chi connectivity index (χ1v) is 8.38. The van der Waals surface area contributed by atoms with Crippen molar-refractivity contribution >= 4 is 29.1 Å². The lowest BCUT2D eigenvalue weighted by molar-refractivity contribution is -0.384. The second kappa shape index (κ2) is 6.17. The molecule has 0 radical (unpaired) electrons. The SMILES string of the molecule is O=C1O[C@@H](Sc2ccccc2)[C@H]2[C@@H]1N=NN2c1ccc([N+](=O)[O-])cc1. The standard InChI is InChI=1S/C16H12N4O4S/c21-15-13-14(16(24-15)25-12-4-2-1-3-5-12)19(18-17-13)10-6-8-11(9-7-10)20(22)23/h1-9,13-14,16H/t13-,14+,16-/m0/s1. The molecule has 0 bridgehead atoms. The van der Waals surface area contributed by atoms with Crippen molar-refractivity contribution in [3.8, 4) is 0 Å². The molecule has 8 nitrogen and oxygen atoms in total. The van der Waals surface area contributed by atoms with Gasteiger partial charge in [-0.3, -0.25) is 10.1 Å². The number of benzene rings is 2. The van der Waals surface area contributed by atoms with Crippen molar-refractivity contribution in [2.24, 2.45) is 10.3 Å². The summed E-state index contributed by atoms with van der Waals surface area (Å²) in [6.07, 6.45) is 0. The van der Waals surface area contributed by atoms with E-state index in [-0.39, 0.29) is 11.7 Å². The van der Waals surface area contributed by atoms with Gasteiger partial charge >= 0.3 is 5.97 Å². The Morgan fingerprint density at radius 3 is 2.52 bits per heavy atom. The van der Waals surface area contributed by atoms with E-state index in [1.807, 2.05) is 30.3 Å². The van der Waals surface area contributed by atoms with Gasteiger partial charge in [0.05, 0.1) is 10.6 Å². The van der Waals surface area contributed by atoms with Crippen molar-refractivity contribution in [3.63, 3.8) is 0 Å². The number of nitro benzene ring substituents is 1. The number of rotatable bonds is 4. The summed E-state index contributed by atoms with van der Waals surface area (Å²) in [6, 6.07) is 14.5. The van der Waals surface area contributed by atoms with E-state index >= 15 is 0 Å². The van der Waals surface area contributed by atoms with Gasteiger partial charge in [0.1, 0.15) is 6.04 Å². The van der Waals surface area contributed by atoms with Crippen LogP contribution in [0, 0.1) is 10.1 Å². The molecule has 25 heavy (non-hydrogen) atoms.